The first-order chi connectivity index (χ1) is 12.0. The van der Waals surface area contributed by atoms with Crippen molar-refractivity contribution in [3.63, 3.8) is 0 Å². The zero-order valence-corrected chi connectivity index (χ0v) is 14.3. The number of carbonyl (C=O) groups is 1. The maximum Gasteiger partial charge on any atom is 0.278 e. The Kier molecular flexibility index (Phi) is 3.93. The van der Waals surface area contributed by atoms with Gasteiger partial charge in [-0.2, -0.15) is 0 Å². The molecule has 1 fully saturated rings. The van der Waals surface area contributed by atoms with E-state index in [2.05, 4.69) is 0 Å². The van der Waals surface area contributed by atoms with Crippen LogP contribution in [0.2, 0.25) is 5.02 Å². The quantitative estimate of drug-likeness (QED) is 0.786. The summed E-state index contributed by atoms with van der Waals surface area (Å²) in [6, 6.07) is 9.87. The summed E-state index contributed by atoms with van der Waals surface area (Å²) in [4.78, 5) is 11.4. The zero-order valence-electron chi connectivity index (χ0n) is 13.6. The molecule has 0 spiro atoms. The Bertz CT molecular complexity index is 843. The molecule has 2 aromatic rings. The van der Waals surface area contributed by atoms with Crippen LogP contribution in [0, 0.1) is 5.82 Å². The summed E-state index contributed by atoms with van der Waals surface area (Å²) in [5, 5.41) is 0.307. The minimum absolute atomic E-state index is 0.0917. The number of hydrogen-bond donors (Lipinski definition) is 0. The van der Waals surface area contributed by atoms with E-state index in [0.29, 0.717) is 29.4 Å². The molecule has 2 aliphatic heterocycles. The van der Waals surface area contributed by atoms with E-state index in [4.69, 9.17) is 25.8 Å². The highest BCUT2D eigenvalue weighted by molar-refractivity contribution is 6.30. The zero-order chi connectivity index (χ0) is 17.6. The maximum absolute atomic E-state index is 14.4. The molecule has 0 radical (unpaired) electrons. The van der Waals surface area contributed by atoms with Crippen LogP contribution in [0.5, 0.6) is 11.5 Å². The molecular weight excluding hydrogens is 347 g/mol. The number of ether oxygens (including phenoxy) is 3. The van der Waals surface area contributed by atoms with Gasteiger partial charge in [-0.05, 0) is 30.7 Å². The molecule has 0 N–H and O–H groups in total. The van der Waals surface area contributed by atoms with Crippen molar-refractivity contribution in [1.29, 1.82) is 0 Å². The highest BCUT2D eigenvalue weighted by Crippen LogP contribution is 2.49. The standard InChI is InChI=1S/C19H16ClFO4/c1-19(14-7-5-11(20)9-15(14)21)24-17-4-2-3-13(18(17)25-19)16-8-6-12(22)10-23-16/h2-5,7,9,16H,6,8,10H2,1H3. The topological polar surface area (TPSA) is 44.8 Å². The van der Waals surface area contributed by atoms with E-state index in [1.807, 2.05) is 12.1 Å². The number of para-hydroxylation sites is 1. The summed E-state index contributed by atoms with van der Waals surface area (Å²) in [7, 11) is 0. The second kappa shape index (κ2) is 6.00. The van der Waals surface area contributed by atoms with E-state index in [1.54, 1.807) is 25.1 Å². The van der Waals surface area contributed by atoms with E-state index < -0.39 is 11.6 Å². The van der Waals surface area contributed by atoms with Crippen molar-refractivity contribution in [2.24, 2.45) is 0 Å². The monoisotopic (exact) mass is 362 g/mol. The maximum atomic E-state index is 14.4. The van der Waals surface area contributed by atoms with Gasteiger partial charge in [-0.15, -0.1) is 0 Å². The van der Waals surface area contributed by atoms with Crippen LogP contribution in [0.25, 0.3) is 0 Å². The predicted octanol–water partition coefficient (Wildman–Crippen LogP) is 4.54. The van der Waals surface area contributed by atoms with Crippen LogP contribution in [-0.4, -0.2) is 12.4 Å². The van der Waals surface area contributed by atoms with Crippen molar-refractivity contribution < 1.29 is 23.4 Å². The molecule has 130 valence electrons. The smallest absolute Gasteiger partial charge is 0.278 e. The van der Waals surface area contributed by atoms with Crippen LogP contribution in [-0.2, 0) is 15.3 Å². The van der Waals surface area contributed by atoms with Crippen LogP contribution in [0.15, 0.2) is 36.4 Å². The third-order valence-electron chi connectivity index (χ3n) is 4.51. The molecule has 0 aromatic heterocycles. The molecule has 1 saturated heterocycles. The second-order valence-corrected chi connectivity index (χ2v) is 6.76. The molecule has 6 heteroatoms. The fourth-order valence-electron chi connectivity index (χ4n) is 3.26. The average molecular weight is 363 g/mol. The first kappa shape index (κ1) is 16.4. The predicted molar refractivity (Wildman–Crippen MR) is 89.4 cm³/mol. The molecule has 0 aliphatic carbocycles. The van der Waals surface area contributed by atoms with E-state index in [1.165, 1.54) is 6.07 Å². The van der Waals surface area contributed by atoms with Crippen molar-refractivity contribution in [2.75, 3.05) is 6.61 Å². The lowest BCUT2D eigenvalue weighted by Gasteiger charge is -2.25. The number of rotatable bonds is 2. The van der Waals surface area contributed by atoms with Crippen molar-refractivity contribution in [3.8, 4) is 11.5 Å². The molecule has 2 aliphatic rings. The van der Waals surface area contributed by atoms with E-state index in [0.717, 1.165) is 5.56 Å². The van der Waals surface area contributed by atoms with E-state index in [9.17, 15) is 9.18 Å². The lowest BCUT2D eigenvalue weighted by atomic mass is 10.00. The number of benzene rings is 2. The van der Waals surface area contributed by atoms with Gasteiger partial charge < -0.3 is 14.2 Å². The van der Waals surface area contributed by atoms with Gasteiger partial charge in [-0.25, -0.2) is 4.39 Å². The molecule has 2 atom stereocenters. The summed E-state index contributed by atoms with van der Waals surface area (Å²) < 4.78 is 32.0. The molecule has 25 heavy (non-hydrogen) atoms. The molecule has 4 nitrogen and oxygen atoms in total. The molecule has 0 amide bonds. The summed E-state index contributed by atoms with van der Waals surface area (Å²) >= 11 is 5.83. The Morgan fingerprint density at radius 1 is 1.24 bits per heavy atom. The van der Waals surface area contributed by atoms with E-state index in [-0.39, 0.29) is 24.1 Å². The second-order valence-electron chi connectivity index (χ2n) is 6.33. The van der Waals surface area contributed by atoms with Gasteiger partial charge in [0.05, 0.1) is 11.7 Å². The van der Waals surface area contributed by atoms with E-state index >= 15 is 0 Å². The van der Waals surface area contributed by atoms with Crippen LogP contribution in [0.3, 0.4) is 0 Å². The van der Waals surface area contributed by atoms with Gasteiger partial charge >= 0.3 is 0 Å². The van der Waals surface area contributed by atoms with Crippen molar-refractivity contribution >= 4 is 17.4 Å². The normalized spacial score (nSPS) is 25.2. The summed E-state index contributed by atoms with van der Waals surface area (Å²) in [5.74, 6) is -0.649. The fourth-order valence-corrected chi connectivity index (χ4v) is 3.41. The summed E-state index contributed by atoms with van der Waals surface area (Å²) in [6.45, 7) is 1.76. The number of carbonyl (C=O) groups excluding carboxylic acids is 1. The van der Waals surface area contributed by atoms with Crippen LogP contribution in [0.4, 0.5) is 4.39 Å². The molecule has 0 saturated carbocycles. The Balaban J connectivity index is 1.68. The van der Waals surface area contributed by atoms with Gasteiger partial charge in [0.15, 0.2) is 17.3 Å². The number of ketones is 1. The first-order valence-corrected chi connectivity index (χ1v) is 8.44. The number of Topliss-reactive ketones (excluding diaryl/α,β-unsaturated/α-hetero) is 1. The fraction of sp³-hybridized carbons (Fsp3) is 0.316. The van der Waals surface area contributed by atoms with Crippen molar-refractivity contribution in [3.05, 3.63) is 58.4 Å². The Morgan fingerprint density at radius 3 is 2.80 bits per heavy atom. The minimum Gasteiger partial charge on any atom is -0.444 e. The van der Waals surface area contributed by atoms with Crippen LogP contribution >= 0.6 is 11.6 Å². The van der Waals surface area contributed by atoms with Crippen molar-refractivity contribution in [1.82, 2.24) is 0 Å². The van der Waals surface area contributed by atoms with Crippen LogP contribution < -0.4 is 9.47 Å². The summed E-state index contributed by atoms with van der Waals surface area (Å²) in [5.41, 5.74) is 1.07. The molecule has 2 unspecified atom stereocenters. The Morgan fingerprint density at radius 2 is 2.08 bits per heavy atom. The highest BCUT2D eigenvalue weighted by atomic mass is 35.5. The molecule has 4 rings (SSSR count). The lowest BCUT2D eigenvalue weighted by molar-refractivity contribution is -0.131. The number of halogens is 2. The van der Waals surface area contributed by atoms with Gasteiger partial charge in [0.1, 0.15) is 12.4 Å². The summed E-state index contributed by atoms with van der Waals surface area (Å²) in [6.07, 6.45) is 0.816. The van der Waals surface area contributed by atoms with Gasteiger partial charge in [-0.3, -0.25) is 4.79 Å². The van der Waals surface area contributed by atoms with Gasteiger partial charge in [-0.1, -0.05) is 23.7 Å². The Hall–Kier alpha value is -2.11. The van der Waals surface area contributed by atoms with Gasteiger partial charge in [0.2, 0.25) is 0 Å². The number of fused-ring (bicyclic) bond motifs is 1. The molecule has 2 aromatic carbocycles. The number of hydrogen-bond acceptors (Lipinski definition) is 4. The SMILES string of the molecule is CC1(c2ccc(Cl)cc2F)Oc2cccc(C3CCC(=O)CO3)c2O1. The molecule has 2 heterocycles. The molecule has 0 bridgehead atoms. The van der Waals surface area contributed by atoms with Crippen molar-refractivity contribution in [2.45, 2.75) is 31.7 Å². The first-order valence-electron chi connectivity index (χ1n) is 8.06. The largest absolute Gasteiger partial charge is 0.444 e. The lowest BCUT2D eigenvalue weighted by Crippen LogP contribution is -2.32. The average Bonchev–Trinajstić information content (AvgIpc) is 2.92. The Labute approximate surface area is 149 Å². The molecular formula is C19H16ClFO4. The van der Waals surface area contributed by atoms with Crippen LogP contribution in [0.1, 0.15) is 37.0 Å². The third kappa shape index (κ3) is 2.87. The third-order valence-corrected chi connectivity index (χ3v) is 4.74. The van der Waals surface area contributed by atoms with Gasteiger partial charge in [0, 0.05) is 23.9 Å². The highest BCUT2D eigenvalue weighted by Gasteiger charge is 2.43. The minimum atomic E-state index is -1.29. The van der Waals surface area contributed by atoms with Gasteiger partial charge in [0.25, 0.3) is 5.79 Å².